The Morgan fingerprint density at radius 2 is 2.26 bits per heavy atom. The highest BCUT2D eigenvalue weighted by Gasteiger charge is 2.08. The predicted octanol–water partition coefficient (Wildman–Crippen LogP) is 3.00. The molecule has 0 saturated heterocycles. The summed E-state index contributed by atoms with van der Waals surface area (Å²) in [6.45, 7) is 5.00. The van der Waals surface area contributed by atoms with E-state index in [1.54, 1.807) is 31.4 Å². The van der Waals surface area contributed by atoms with Crippen LogP contribution in [-0.2, 0) is 4.79 Å². The Morgan fingerprint density at radius 3 is 3.00 bits per heavy atom. The van der Waals surface area contributed by atoms with Crippen molar-refractivity contribution >= 4 is 35.6 Å². The van der Waals surface area contributed by atoms with E-state index in [1.165, 1.54) is 6.34 Å². The van der Waals surface area contributed by atoms with Gasteiger partial charge in [-0.3, -0.25) is 9.79 Å². The average Bonchev–Trinajstić information content (AvgIpc) is 2.87. The Labute approximate surface area is 110 Å². The van der Waals surface area contributed by atoms with Crippen molar-refractivity contribution in [2.24, 2.45) is 9.98 Å². The SMILES string of the molecule is C=NC=NC(=CC)C(=O)Nc1ccc2occc2c1. The van der Waals surface area contributed by atoms with Crippen molar-refractivity contribution in [1.82, 2.24) is 0 Å². The molecule has 5 nitrogen and oxygen atoms in total. The maximum absolute atomic E-state index is 11.9. The fourth-order valence-electron chi connectivity index (χ4n) is 1.61. The second-order valence-corrected chi connectivity index (χ2v) is 3.73. The molecule has 5 heteroatoms. The number of hydrogen-bond donors (Lipinski definition) is 1. The first-order chi connectivity index (χ1) is 9.24. The zero-order valence-electron chi connectivity index (χ0n) is 10.5. The van der Waals surface area contributed by atoms with Crippen LogP contribution in [0.1, 0.15) is 6.92 Å². The van der Waals surface area contributed by atoms with Crippen LogP contribution >= 0.6 is 0 Å². The summed E-state index contributed by atoms with van der Waals surface area (Å²) in [5.74, 6) is -0.301. The summed E-state index contributed by atoms with van der Waals surface area (Å²) >= 11 is 0. The number of furan rings is 1. The van der Waals surface area contributed by atoms with Gasteiger partial charge in [-0.1, -0.05) is 6.08 Å². The Morgan fingerprint density at radius 1 is 1.42 bits per heavy atom. The van der Waals surface area contributed by atoms with Crippen LogP contribution in [0, 0.1) is 0 Å². The summed E-state index contributed by atoms with van der Waals surface area (Å²) in [4.78, 5) is 19.3. The van der Waals surface area contributed by atoms with Crippen LogP contribution in [0.4, 0.5) is 5.69 Å². The van der Waals surface area contributed by atoms with Gasteiger partial charge in [-0.05, 0) is 37.9 Å². The van der Waals surface area contributed by atoms with Gasteiger partial charge < -0.3 is 9.73 Å². The van der Waals surface area contributed by atoms with Gasteiger partial charge in [0.2, 0.25) is 0 Å². The molecule has 0 unspecified atom stereocenters. The second kappa shape index (κ2) is 5.77. The van der Waals surface area contributed by atoms with Crippen molar-refractivity contribution in [3.05, 3.63) is 42.3 Å². The third-order valence-electron chi connectivity index (χ3n) is 2.49. The third kappa shape index (κ3) is 2.95. The summed E-state index contributed by atoms with van der Waals surface area (Å²) in [6.07, 6.45) is 4.44. The van der Waals surface area contributed by atoms with Crippen molar-refractivity contribution < 1.29 is 9.21 Å². The van der Waals surface area contributed by atoms with Gasteiger partial charge in [-0.2, -0.15) is 0 Å². The maximum atomic E-state index is 11.9. The lowest BCUT2D eigenvalue weighted by Gasteiger charge is -2.04. The minimum Gasteiger partial charge on any atom is -0.464 e. The molecule has 0 saturated carbocycles. The monoisotopic (exact) mass is 255 g/mol. The molecule has 96 valence electrons. The highest BCUT2D eigenvalue weighted by atomic mass is 16.3. The number of carbonyl (C=O) groups is 1. The van der Waals surface area contributed by atoms with E-state index in [0.29, 0.717) is 5.69 Å². The molecule has 1 N–H and O–H groups in total. The highest BCUT2D eigenvalue weighted by molar-refractivity contribution is 6.05. The van der Waals surface area contributed by atoms with E-state index < -0.39 is 0 Å². The fourth-order valence-corrected chi connectivity index (χ4v) is 1.61. The quantitative estimate of drug-likeness (QED) is 0.518. The van der Waals surface area contributed by atoms with Crippen molar-refractivity contribution in [1.29, 1.82) is 0 Å². The van der Waals surface area contributed by atoms with Gasteiger partial charge in [-0.15, -0.1) is 0 Å². The molecule has 0 radical (unpaired) electrons. The van der Waals surface area contributed by atoms with Gasteiger partial charge in [0.15, 0.2) is 0 Å². The van der Waals surface area contributed by atoms with Crippen molar-refractivity contribution in [2.75, 3.05) is 5.32 Å². The predicted molar refractivity (Wildman–Crippen MR) is 76.6 cm³/mol. The molecule has 1 amide bonds. The van der Waals surface area contributed by atoms with Crippen molar-refractivity contribution in [3.8, 4) is 0 Å². The molecule has 1 heterocycles. The number of nitrogens with zero attached hydrogens (tertiary/aromatic N) is 2. The lowest BCUT2D eigenvalue weighted by atomic mass is 10.2. The van der Waals surface area contributed by atoms with Crippen LogP contribution in [0.5, 0.6) is 0 Å². The fraction of sp³-hybridized carbons (Fsp3) is 0.0714. The van der Waals surface area contributed by atoms with Gasteiger partial charge in [-0.25, -0.2) is 4.99 Å². The minimum absolute atomic E-state index is 0.277. The molecule has 0 aliphatic heterocycles. The van der Waals surface area contributed by atoms with Gasteiger partial charge >= 0.3 is 0 Å². The van der Waals surface area contributed by atoms with Crippen LogP contribution in [0.15, 0.2) is 56.7 Å². The molecule has 1 aromatic carbocycles. The van der Waals surface area contributed by atoms with Crippen LogP contribution in [0.2, 0.25) is 0 Å². The highest BCUT2D eigenvalue weighted by Crippen LogP contribution is 2.20. The van der Waals surface area contributed by atoms with E-state index >= 15 is 0 Å². The first-order valence-electron chi connectivity index (χ1n) is 5.68. The smallest absolute Gasteiger partial charge is 0.273 e. The van der Waals surface area contributed by atoms with E-state index in [2.05, 4.69) is 22.0 Å². The van der Waals surface area contributed by atoms with Gasteiger partial charge in [0.05, 0.1) is 6.26 Å². The number of benzene rings is 1. The number of fused-ring (bicyclic) bond motifs is 1. The molecule has 2 aromatic rings. The van der Waals surface area contributed by atoms with E-state index in [-0.39, 0.29) is 11.6 Å². The summed E-state index contributed by atoms with van der Waals surface area (Å²) in [5, 5.41) is 3.69. The molecule has 0 aliphatic carbocycles. The third-order valence-corrected chi connectivity index (χ3v) is 2.49. The van der Waals surface area contributed by atoms with Gasteiger partial charge in [0.25, 0.3) is 5.91 Å². The zero-order valence-corrected chi connectivity index (χ0v) is 10.5. The standard InChI is InChI=1S/C14H13N3O2/c1-3-12(16-9-15-2)14(18)17-11-4-5-13-10(8-11)6-7-19-13/h3-9H,2H2,1H3,(H,17,18). The molecule has 19 heavy (non-hydrogen) atoms. The second-order valence-electron chi connectivity index (χ2n) is 3.73. The van der Waals surface area contributed by atoms with Gasteiger partial charge in [0, 0.05) is 11.1 Å². The normalized spacial score (nSPS) is 11.9. The number of carbonyl (C=O) groups excluding carboxylic acids is 1. The number of allylic oxidation sites excluding steroid dienone is 1. The number of nitrogens with one attached hydrogen (secondary N) is 1. The maximum Gasteiger partial charge on any atom is 0.273 e. The number of hydrogen-bond acceptors (Lipinski definition) is 3. The van der Waals surface area contributed by atoms with Crippen LogP contribution in [-0.4, -0.2) is 19.0 Å². The molecular weight excluding hydrogens is 242 g/mol. The summed E-state index contributed by atoms with van der Waals surface area (Å²) in [6, 6.07) is 7.24. The largest absolute Gasteiger partial charge is 0.464 e. The number of aliphatic imine (C=N–C) groups is 2. The van der Waals surface area contributed by atoms with E-state index in [0.717, 1.165) is 11.0 Å². The van der Waals surface area contributed by atoms with Crippen LogP contribution in [0.25, 0.3) is 11.0 Å². The summed E-state index contributed by atoms with van der Waals surface area (Å²) in [5.41, 5.74) is 1.73. The molecule has 0 spiro atoms. The minimum atomic E-state index is -0.301. The molecule has 0 bridgehead atoms. The number of anilines is 1. The van der Waals surface area contributed by atoms with E-state index in [4.69, 9.17) is 4.42 Å². The molecule has 0 fully saturated rings. The Kier molecular flexibility index (Phi) is 3.87. The summed E-state index contributed by atoms with van der Waals surface area (Å²) in [7, 11) is 0. The molecule has 0 aliphatic rings. The Bertz CT molecular complexity index is 668. The Hall–Kier alpha value is -2.69. The molecule has 2 rings (SSSR count). The number of amides is 1. The van der Waals surface area contributed by atoms with Crippen LogP contribution in [0.3, 0.4) is 0 Å². The van der Waals surface area contributed by atoms with E-state index in [1.807, 2.05) is 12.1 Å². The number of rotatable bonds is 4. The van der Waals surface area contributed by atoms with Crippen molar-refractivity contribution in [3.63, 3.8) is 0 Å². The molecule has 0 atom stereocenters. The first-order valence-corrected chi connectivity index (χ1v) is 5.68. The van der Waals surface area contributed by atoms with Crippen molar-refractivity contribution in [2.45, 2.75) is 6.92 Å². The lowest BCUT2D eigenvalue weighted by Crippen LogP contribution is -2.13. The van der Waals surface area contributed by atoms with Crippen LogP contribution < -0.4 is 5.32 Å². The lowest BCUT2D eigenvalue weighted by molar-refractivity contribution is -0.112. The summed E-state index contributed by atoms with van der Waals surface area (Å²) < 4.78 is 5.23. The Balaban J connectivity index is 2.17. The molecular formula is C14H13N3O2. The zero-order chi connectivity index (χ0) is 13.7. The first kappa shape index (κ1) is 12.8. The van der Waals surface area contributed by atoms with E-state index in [9.17, 15) is 4.79 Å². The molecule has 1 aromatic heterocycles. The topological polar surface area (TPSA) is 67.0 Å². The van der Waals surface area contributed by atoms with Gasteiger partial charge in [0.1, 0.15) is 17.6 Å². The average molecular weight is 255 g/mol.